The first kappa shape index (κ1) is 14.9. The minimum Gasteiger partial charge on any atom is -0.422 e. The van der Waals surface area contributed by atoms with E-state index in [1.165, 1.54) is 0 Å². The van der Waals surface area contributed by atoms with Crippen molar-refractivity contribution in [1.82, 2.24) is 25.9 Å². The number of anilines is 1. The van der Waals surface area contributed by atoms with E-state index in [9.17, 15) is 4.79 Å². The predicted octanol–water partition coefficient (Wildman–Crippen LogP) is 0.880. The number of nitrogens with one attached hydrogen (secondary N) is 3. The van der Waals surface area contributed by atoms with E-state index in [0.717, 1.165) is 6.54 Å². The number of halogens is 1. The van der Waals surface area contributed by atoms with E-state index in [-0.39, 0.29) is 30.4 Å². The molecule has 0 aliphatic carbocycles. The average molecular weight is 309 g/mol. The Bertz CT molecular complexity index is 613. The van der Waals surface area contributed by atoms with Gasteiger partial charge in [0, 0.05) is 12.2 Å². The average Bonchev–Trinajstić information content (AvgIpc) is 3.13. The van der Waals surface area contributed by atoms with Gasteiger partial charge in [0.05, 0.1) is 0 Å². The Morgan fingerprint density at radius 3 is 2.76 bits per heavy atom. The molecule has 1 unspecified atom stereocenters. The molecule has 0 saturated carbocycles. The number of H-pyrrole nitrogens is 1. The second-order valence-electron chi connectivity index (χ2n) is 4.12. The SMILES string of the molecule is Cl.O=C(Nc1ccc(Oc2nn[nH]n2)cc1)C1C=CCN1. The number of aromatic nitrogens is 4. The summed E-state index contributed by atoms with van der Waals surface area (Å²) < 4.78 is 5.33. The Morgan fingerprint density at radius 2 is 2.14 bits per heavy atom. The number of carbonyl (C=O) groups excluding carboxylic acids is 1. The maximum Gasteiger partial charge on any atom is 0.361 e. The van der Waals surface area contributed by atoms with Crippen molar-refractivity contribution in [3.8, 4) is 11.8 Å². The van der Waals surface area contributed by atoms with Gasteiger partial charge in [0.1, 0.15) is 11.8 Å². The van der Waals surface area contributed by atoms with Gasteiger partial charge in [-0.3, -0.25) is 10.1 Å². The van der Waals surface area contributed by atoms with E-state index >= 15 is 0 Å². The molecule has 2 heterocycles. The Morgan fingerprint density at radius 1 is 1.33 bits per heavy atom. The molecule has 3 rings (SSSR count). The van der Waals surface area contributed by atoms with Crippen molar-refractivity contribution in [2.45, 2.75) is 6.04 Å². The molecule has 0 radical (unpaired) electrons. The lowest BCUT2D eigenvalue weighted by Crippen LogP contribution is -2.35. The zero-order valence-electron chi connectivity index (χ0n) is 10.8. The first-order valence-corrected chi connectivity index (χ1v) is 6.03. The van der Waals surface area contributed by atoms with Crippen LogP contribution in [0.3, 0.4) is 0 Å². The Balaban J connectivity index is 0.00000161. The summed E-state index contributed by atoms with van der Waals surface area (Å²) in [5.74, 6) is 0.467. The summed E-state index contributed by atoms with van der Waals surface area (Å²) in [6.45, 7) is 0.718. The molecular weight excluding hydrogens is 296 g/mol. The van der Waals surface area contributed by atoms with Crippen LogP contribution in [0.5, 0.6) is 11.8 Å². The molecule has 21 heavy (non-hydrogen) atoms. The summed E-state index contributed by atoms with van der Waals surface area (Å²) >= 11 is 0. The minimum absolute atomic E-state index is 0. The monoisotopic (exact) mass is 308 g/mol. The molecule has 9 heteroatoms. The highest BCUT2D eigenvalue weighted by Gasteiger charge is 2.17. The molecule has 3 N–H and O–H groups in total. The zero-order chi connectivity index (χ0) is 13.8. The van der Waals surface area contributed by atoms with Crippen LogP contribution in [0.1, 0.15) is 0 Å². The summed E-state index contributed by atoms with van der Waals surface area (Å²) in [7, 11) is 0. The molecule has 1 atom stereocenters. The maximum atomic E-state index is 11.9. The number of ether oxygens (including phenoxy) is 1. The smallest absolute Gasteiger partial charge is 0.361 e. The quantitative estimate of drug-likeness (QED) is 0.724. The fourth-order valence-corrected chi connectivity index (χ4v) is 1.77. The number of hydrogen-bond donors (Lipinski definition) is 3. The largest absolute Gasteiger partial charge is 0.422 e. The third-order valence-corrected chi connectivity index (χ3v) is 2.72. The highest BCUT2D eigenvalue weighted by atomic mass is 35.5. The van der Waals surface area contributed by atoms with Crippen LogP contribution in [0.2, 0.25) is 0 Å². The number of tetrazole rings is 1. The van der Waals surface area contributed by atoms with Gasteiger partial charge in [-0.15, -0.1) is 12.4 Å². The van der Waals surface area contributed by atoms with E-state index in [4.69, 9.17) is 4.74 Å². The Hall–Kier alpha value is -2.45. The van der Waals surface area contributed by atoms with Crippen molar-refractivity contribution >= 4 is 24.0 Å². The molecule has 8 nitrogen and oxygen atoms in total. The van der Waals surface area contributed by atoms with Crippen LogP contribution >= 0.6 is 12.4 Å². The lowest BCUT2D eigenvalue weighted by Gasteiger charge is -2.10. The molecule has 1 amide bonds. The molecule has 0 saturated heterocycles. The summed E-state index contributed by atoms with van der Waals surface area (Å²) in [4.78, 5) is 11.9. The van der Waals surface area contributed by atoms with Gasteiger partial charge in [0.2, 0.25) is 5.91 Å². The van der Waals surface area contributed by atoms with Gasteiger partial charge < -0.3 is 10.1 Å². The first-order valence-electron chi connectivity index (χ1n) is 6.03. The number of aromatic amines is 1. The fraction of sp³-hybridized carbons (Fsp3) is 0.167. The van der Waals surface area contributed by atoms with E-state index in [0.29, 0.717) is 11.4 Å². The number of amides is 1. The normalized spacial score (nSPS) is 16.3. The number of benzene rings is 1. The molecule has 1 aromatic heterocycles. The van der Waals surface area contributed by atoms with Crippen molar-refractivity contribution in [1.29, 1.82) is 0 Å². The lowest BCUT2D eigenvalue weighted by molar-refractivity contribution is -0.116. The summed E-state index contributed by atoms with van der Waals surface area (Å²) in [5, 5.41) is 18.9. The molecule has 0 bridgehead atoms. The van der Waals surface area contributed by atoms with E-state index in [1.54, 1.807) is 24.3 Å². The van der Waals surface area contributed by atoms with Gasteiger partial charge in [-0.05, 0) is 29.5 Å². The van der Waals surface area contributed by atoms with E-state index in [2.05, 4.69) is 31.3 Å². The zero-order valence-corrected chi connectivity index (χ0v) is 11.6. The van der Waals surface area contributed by atoms with Crippen LogP contribution in [0.15, 0.2) is 36.4 Å². The summed E-state index contributed by atoms with van der Waals surface area (Å²) in [6, 6.07) is 6.78. The lowest BCUT2D eigenvalue weighted by atomic mass is 10.2. The number of carbonyl (C=O) groups is 1. The van der Waals surface area contributed by atoms with Crippen LogP contribution in [-0.4, -0.2) is 39.1 Å². The standard InChI is InChI=1S/C12H12N6O2.ClH/c19-11(10-2-1-7-13-10)14-8-3-5-9(6-4-8)20-12-15-17-18-16-12;/h1-6,10,13H,7H2,(H,14,19)(H,15,16,17,18);1H. The molecular formula is C12H13ClN6O2. The van der Waals surface area contributed by atoms with Gasteiger partial charge >= 0.3 is 6.01 Å². The number of hydrogen-bond acceptors (Lipinski definition) is 6. The predicted molar refractivity (Wildman–Crippen MR) is 77.5 cm³/mol. The molecule has 110 valence electrons. The van der Waals surface area contributed by atoms with Crippen LogP contribution in [0.25, 0.3) is 0 Å². The number of rotatable bonds is 4. The number of nitrogens with zero attached hydrogens (tertiary/aromatic N) is 3. The van der Waals surface area contributed by atoms with Crippen molar-refractivity contribution < 1.29 is 9.53 Å². The van der Waals surface area contributed by atoms with Gasteiger partial charge in [0.15, 0.2) is 0 Å². The van der Waals surface area contributed by atoms with Crippen molar-refractivity contribution in [2.75, 3.05) is 11.9 Å². The van der Waals surface area contributed by atoms with Crippen molar-refractivity contribution in [2.24, 2.45) is 0 Å². The van der Waals surface area contributed by atoms with Gasteiger partial charge in [-0.1, -0.05) is 22.3 Å². The van der Waals surface area contributed by atoms with Crippen LogP contribution in [0, 0.1) is 0 Å². The highest BCUT2D eigenvalue weighted by molar-refractivity contribution is 5.96. The third-order valence-electron chi connectivity index (χ3n) is 2.72. The van der Waals surface area contributed by atoms with E-state index < -0.39 is 0 Å². The Labute approximate surface area is 126 Å². The van der Waals surface area contributed by atoms with Crippen LogP contribution in [0.4, 0.5) is 5.69 Å². The second-order valence-corrected chi connectivity index (χ2v) is 4.12. The van der Waals surface area contributed by atoms with Crippen molar-refractivity contribution in [3.63, 3.8) is 0 Å². The van der Waals surface area contributed by atoms with Crippen molar-refractivity contribution in [3.05, 3.63) is 36.4 Å². The van der Waals surface area contributed by atoms with E-state index in [1.807, 2.05) is 12.2 Å². The molecule has 1 aliphatic rings. The van der Waals surface area contributed by atoms with Gasteiger partial charge in [-0.2, -0.15) is 5.21 Å². The second kappa shape index (κ2) is 6.82. The van der Waals surface area contributed by atoms with Gasteiger partial charge in [-0.25, -0.2) is 0 Å². The Kier molecular flexibility index (Phi) is 4.85. The third kappa shape index (κ3) is 3.77. The molecule has 1 aliphatic heterocycles. The fourth-order valence-electron chi connectivity index (χ4n) is 1.77. The topological polar surface area (TPSA) is 105 Å². The molecule has 0 fully saturated rings. The van der Waals surface area contributed by atoms with Crippen LogP contribution < -0.4 is 15.4 Å². The van der Waals surface area contributed by atoms with Gasteiger partial charge in [0.25, 0.3) is 0 Å². The summed E-state index contributed by atoms with van der Waals surface area (Å²) in [5.41, 5.74) is 0.692. The molecule has 2 aromatic rings. The van der Waals surface area contributed by atoms with Crippen LogP contribution in [-0.2, 0) is 4.79 Å². The minimum atomic E-state index is -0.273. The highest BCUT2D eigenvalue weighted by Crippen LogP contribution is 2.19. The first-order chi connectivity index (χ1) is 9.81. The summed E-state index contributed by atoms with van der Waals surface area (Å²) in [6.07, 6.45) is 3.76. The molecule has 1 aromatic carbocycles. The molecule has 0 spiro atoms. The maximum absolute atomic E-state index is 11.9.